The van der Waals surface area contributed by atoms with Crippen LogP contribution >= 0.6 is 0 Å². The third-order valence-electron chi connectivity index (χ3n) is 5.63. The predicted octanol–water partition coefficient (Wildman–Crippen LogP) is 3.12. The molecule has 1 amide bonds. The van der Waals surface area contributed by atoms with Crippen LogP contribution in [0.2, 0.25) is 0 Å². The zero-order valence-corrected chi connectivity index (χ0v) is 20.3. The number of ether oxygens (including phenoxy) is 3. The molecule has 0 aromatic heterocycles. The van der Waals surface area contributed by atoms with E-state index in [1.807, 2.05) is 32.7 Å². The minimum atomic E-state index is -0.458. The van der Waals surface area contributed by atoms with E-state index in [4.69, 9.17) is 14.2 Å². The number of carbonyl (C=O) groups excluding carboxylic acids is 1. The van der Waals surface area contributed by atoms with Crippen LogP contribution in [0, 0.1) is 5.92 Å². The summed E-state index contributed by atoms with van der Waals surface area (Å²) in [5, 5.41) is 3.47. The summed E-state index contributed by atoms with van der Waals surface area (Å²) in [7, 11) is 3.52. The second-order valence-corrected chi connectivity index (χ2v) is 9.58. The van der Waals surface area contributed by atoms with Gasteiger partial charge in [0.2, 0.25) is 0 Å². The van der Waals surface area contributed by atoms with Gasteiger partial charge in [-0.25, -0.2) is 4.79 Å². The van der Waals surface area contributed by atoms with Gasteiger partial charge in [-0.15, -0.1) is 0 Å². The Labute approximate surface area is 188 Å². The smallest absolute Gasteiger partial charge is 0.410 e. The zero-order valence-electron chi connectivity index (χ0n) is 20.3. The molecule has 31 heavy (non-hydrogen) atoms. The number of unbranched alkanes of at least 4 members (excludes halogenated alkanes) is 1. The number of piperidine rings is 1. The molecule has 0 spiro atoms. The third kappa shape index (κ3) is 10.1. The Morgan fingerprint density at radius 2 is 1.81 bits per heavy atom. The number of carbonyl (C=O) groups is 1. The summed E-state index contributed by atoms with van der Waals surface area (Å²) in [5.41, 5.74) is -0.458. The van der Waals surface area contributed by atoms with E-state index in [2.05, 4.69) is 15.2 Å². The number of amides is 1. The number of rotatable bonds is 11. The fourth-order valence-electron chi connectivity index (χ4n) is 3.77. The first-order valence-electron chi connectivity index (χ1n) is 11.9. The Hall–Kier alpha value is -1.54. The van der Waals surface area contributed by atoms with Crippen molar-refractivity contribution in [2.75, 3.05) is 60.2 Å². The largest absolute Gasteiger partial charge is 0.444 e. The van der Waals surface area contributed by atoms with Crippen molar-refractivity contribution in [3.63, 3.8) is 0 Å². The fraction of sp³-hybridized carbons (Fsp3) is 0.913. The van der Waals surface area contributed by atoms with E-state index >= 15 is 0 Å². The second kappa shape index (κ2) is 13.1. The number of likely N-dealkylation sites (tertiary alicyclic amines) is 1. The monoisotopic (exact) mass is 440 g/mol. The van der Waals surface area contributed by atoms with Gasteiger partial charge in [0.25, 0.3) is 0 Å². The molecule has 0 bridgehead atoms. The molecule has 1 saturated heterocycles. The van der Waals surface area contributed by atoms with Crippen LogP contribution in [-0.4, -0.2) is 93.7 Å². The van der Waals surface area contributed by atoms with Crippen molar-refractivity contribution in [3.8, 4) is 0 Å². The van der Waals surface area contributed by atoms with Crippen LogP contribution in [0.15, 0.2) is 4.99 Å². The first-order chi connectivity index (χ1) is 14.8. The average Bonchev–Trinajstić information content (AvgIpc) is 3.54. The van der Waals surface area contributed by atoms with Crippen molar-refractivity contribution in [2.45, 2.75) is 70.9 Å². The highest BCUT2D eigenvalue weighted by Crippen LogP contribution is 2.32. The molecule has 1 heterocycles. The van der Waals surface area contributed by atoms with Gasteiger partial charge in [0.15, 0.2) is 5.96 Å². The van der Waals surface area contributed by atoms with Gasteiger partial charge >= 0.3 is 6.09 Å². The molecule has 2 aliphatic rings. The highest BCUT2D eigenvalue weighted by Gasteiger charge is 2.35. The van der Waals surface area contributed by atoms with Crippen LogP contribution in [-0.2, 0) is 14.2 Å². The number of hydrogen-bond donors (Lipinski definition) is 1. The van der Waals surface area contributed by atoms with Crippen LogP contribution < -0.4 is 5.32 Å². The Balaban J connectivity index is 1.73. The number of aliphatic imine (C=N–C) groups is 1. The Kier molecular flexibility index (Phi) is 10.9. The van der Waals surface area contributed by atoms with Gasteiger partial charge in [-0.2, -0.15) is 0 Å². The SMILES string of the molecule is CN=C(NCCCCOCCOC)N1CCC(N(CC2CC2)C(=O)OC(C)(C)C)CC1. The average molecular weight is 441 g/mol. The van der Waals surface area contributed by atoms with Gasteiger partial charge in [0.05, 0.1) is 13.2 Å². The summed E-state index contributed by atoms with van der Waals surface area (Å²) in [6.07, 6.45) is 6.24. The molecule has 1 N–H and O–H groups in total. The molecule has 0 aromatic carbocycles. The van der Waals surface area contributed by atoms with E-state index in [9.17, 15) is 4.79 Å². The van der Waals surface area contributed by atoms with E-state index in [0.717, 1.165) is 64.4 Å². The van der Waals surface area contributed by atoms with E-state index < -0.39 is 5.60 Å². The summed E-state index contributed by atoms with van der Waals surface area (Å²) in [4.78, 5) is 21.6. The molecule has 0 atom stereocenters. The van der Waals surface area contributed by atoms with Gasteiger partial charge in [0.1, 0.15) is 5.60 Å². The van der Waals surface area contributed by atoms with Crippen LogP contribution in [0.5, 0.6) is 0 Å². The number of hydrogen-bond acceptors (Lipinski definition) is 5. The van der Waals surface area contributed by atoms with E-state index in [0.29, 0.717) is 19.1 Å². The summed E-state index contributed by atoms with van der Waals surface area (Å²) in [5.74, 6) is 1.60. The highest BCUT2D eigenvalue weighted by molar-refractivity contribution is 5.80. The maximum absolute atomic E-state index is 12.8. The van der Waals surface area contributed by atoms with Crippen LogP contribution in [0.25, 0.3) is 0 Å². The molecule has 180 valence electrons. The Morgan fingerprint density at radius 3 is 2.39 bits per heavy atom. The fourth-order valence-corrected chi connectivity index (χ4v) is 3.77. The normalized spacial score (nSPS) is 18.2. The van der Waals surface area contributed by atoms with E-state index in [-0.39, 0.29) is 12.1 Å². The second-order valence-electron chi connectivity index (χ2n) is 9.58. The molecule has 2 fully saturated rings. The maximum Gasteiger partial charge on any atom is 0.410 e. The molecule has 0 aromatic rings. The molecule has 8 nitrogen and oxygen atoms in total. The Morgan fingerprint density at radius 1 is 1.10 bits per heavy atom. The topological polar surface area (TPSA) is 75.6 Å². The van der Waals surface area contributed by atoms with Gasteiger partial charge in [-0.05, 0) is 65.2 Å². The molecule has 1 aliphatic carbocycles. The van der Waals surface area contributed by atoms with Gasteiger partial charge in [0, 0.05) is 53.0 Å². The van der Waals surface area contributed by atoms with E-state index in [1.165, 1.54) is 12.8 Å². The zero-order chi connectivity index (χ0) is 22.7. The molecule has 8 heteroatoms. The van der Waals surface area contributed by atoms with E-state index in [1.54, 1.807) is 7.11 Å². The summed E-state index contributed by atoms with van der Waals surface area (Å²) in [6.45, 7) is 11.4. The van der Waals surface area contributed by atoms with Crippen molar-refractivity contribution in [2.24, 2.45) is 10.9 Å². The highest BCUT2D eigenvalue weighted by atomic mass is 16.6. The molecular formula is C23H44N4O4. The lowest BCUT2D eigenvalue weighted by molar-refractivity contribution is 0.00928. The molecule has 2 rings (SSSR count). The van der Waals surface area contributed by atoms with Crippen molar-refractivity contribution in [1.29, 1.82) is 0 Å². The number of nitrogens with one attached hydrogen (secondary N) is 1. The lowest BCUT2D eigenvalue weighted by atomic mass is 10.0. The van der Waals surface area contributed by atoms with Gasteiger partial charge in [-0.3, -0.25) is 4.99 Å². The van der Waals surface area contributed by atoms with Crippen LogP contribution in [0.4, 0.5) is 4.79 Å². The number of guanidine groups is 1. The minimum absolute atomic E-state index is 0.159. The first-order valence-corrected chi connectivity index (χ1v) is 11.9. The molecule has 0 radical (unpaired) electrons. The van der Waals surface area contributed by atoms with Gasteiger partial charge in [-0.1, -0.05) is 0 Å². The quantitative estimate of drug-likeness (QED) is 0.302. The summed E-state index contributed by atoms with van der Waals surface area (Å²) in [6, 6.07) is 0.244. The third-order valence-corrected chi connectivity index (χ3v) is 5.63. The minimum Gasteiger partial charge on any atom is -0.444 e. The molecular weight excluding hydrogens is 396 g/mol. The van der Waals surface area contributed by atoms with Crippen molar-refractivity contribution in [1.82, 2.24) is 15.1 Å². The standard InChI is InChI=1S/C23H44N4O4/c1-23(2,3)31-22(28)27(18-19-8-9-19)20-10-13-26(14-11-20)21(24-4)25-12-6-7-15-30-17-16-29-5/h19-20H,6-18H2,1-5H3,(H,24,25). The molecule has 0 unspecified atom stereocenters. The molecule has 1 saturated carbocycles. The predicted molar refractivity (Wildman–Crippen MR) is 124 cm³/mol. The summed E-state index contributed by atoms with van der Waals surface area (Å²) >= 11 is 0. The molecule has 1 aliphatic heterocycles. The lowest BCUT2D eigenvalue weighted by Crippen LogP contribution is -2.52. The first kappa shape index (κ1) is 25.7. The number of nitrogens with zero attached hydrogens (tertiary/aromatic N) is 3. The van der Waals surface area contributed by atoms with Crippen molar-refractivity contribution in [3.05, 3.63) is 0 Å². The Bertz CT molecular complexity index is 552. The maximum atomic E-state index is 12.8. The van der Waals surface area contributed by atoms with Crippen LogP contribution in [0.1, 0.15) is 59.3 Å². The number of methoxy groups -OCH3 is 1. The van der Waals surface area contributed by atoms with Crippen LogP contribution in [0.3, 0.4) is 0 Å². The van der Waals surface area contributed by atoms with Crippen molar-refractivity contribution < 1.29 is 19.0 Å². The lowest BCUT2D eigenvalue weighted by Gasteiger charge is -2.40. The van der Waals surface area contributed by atoms with Crippen molar-refractivity contribution >= 4 is 12.1 Å². The van der Waals surface area contributed by atoms with Gasteiger partial charge < -0.3 is 29.3 Å². The summed E-state index contributed by atoms with van der Waals surface area (Å²) < 4.78 is 16.2.